The smallest absolute Gasteiger partial charge is 0.0995 e. The van der Waals surface area contributed by atoms with Gasteiger partial charge in [0.1, 0.15) is 0 Å². The maximum Gasteiger partial charge on any atom is 0.0995 e. The number of pyridine rings is 1. The fraction of sp³-hybridized carbons (Fsp3) is 0.500. The monoisotopic (exact) mass is 259 g/mol. The molecule has 0 atom stereocenters. The number of rotatable bonds is 1. The molecule has 0 aliphatic carbocycles. The maximum absolute atomic E-state index is 4.38. The minimum absolute atomic E-state index is 0.162. The first-order valence-corrected chi connectivity index (χ1v) is 6.17. The van der Waals surface area contributed by atoms with Gasteiger partial charge in [-0.15, -0.1) is 11.8 Å². The molecule has 1 heterocycles. The maximum atomic E-state index is 4.38. The van der Waals surface area contributed by atoms with Gasteiger partial charge in [0.15, 0.2) is 0 Å². The van der Waals surface area contributed by atoms with E-state index in [1.807, 2.05) is 6.20 Å². The summed E-state index contributed by atoms with van der Waals surface area (Å²) >= 11 is 5.15. The zero-order valence-electron chi connectivity index (χ0n) is 8.39. The van der Waals surface area contributed by atoms with Crippen LogP contribution in [-0.4, -0.2) is 11.2 Å². The predicted molar refractivity (Wildman–Crippen MR) is 62.4 cm³/mol. The van der Waals surface area contributed by atoms with Crippen molar-refractivity contribution in [3.8, 4) is 0 Å². The van der Waals surface area contributed by atoms with Crippen molar-refractivity contribution in [2.24, 2.45) is 0 Å². The van der Waals surface area contributed by atoms with Gasteiger partial charge in [-0.05, 0) is 39.2 Å². The lowest BCUT2D eigenvalue weighted by Crippen LogP contribution is -2.13. The molecule has 0 unspecified atom stereocenters. The summed E-state index contributed by atoms with van der Waals surface area (Å²) in [5.41, 5.74) is 1.46. The van der Waals surface area contributed by atoms with Crippen LogP contribution in [0.4, 0.5) is 0 Å². The lowest BCUT2D eigenvalue weighted by molar-refractivity contribution is 0.571. The molecule has 1 aromatic heterocycles. The number of hydrogen-bond acceptors (Lipinski definition) is 2. The van der Waals surface area contributed by atoms with Gasteiger partial charge in [-0.25, -0.2) is 4.98 Å². The van der Waals surface area contributed by atoms with Crippen molar-refractivity contribution in [3.05, 3.63) is 22.3 Å². The predicted octanol–water partition coefficient (Wildman–Crippen LogP) is 3.86. The first-order valence-electron chi connectivity index (χ1n) is 4.15. The summed E-state index contributed by atoms with van der Waals surface area (Å²) in [6, 6.07) is 2.15. The van der Waals surface area contributed by atoms with E-state index in [2.05, 4.69) is 54.0 Å². The molecule has 0 N–H and O–H groups in total. The van der Waals surface area contributed by atoms with Gasteiger partial charge in [0.2, 0.25) is 0 Å². The minimum atomic E-state index is 0.162. The Morgan fingerprint density at radius 2 is 2.00 bits per heavy atom. The molecule has 0 aromatic carbocycles. The van der Waals surface area contributed by atoms with Crippen LogP contribution < -0.4 is 0 Å². The first-order chi connectivity index (χ1) is 5.95. The van der Waals surface area contributed by atoms with Crippen LogP contribution in [0.15, 0.2) is 21.8 Å². The molecule has 0 radical (unpaired) electrons. The third kappa shape index (κ3) is 2.71. The molecule has 0 bridgehead atoms. The van der Waals surface area contributed by atoms with Crippen LogP contribution in [-0.2, 0) is 5.41 Å². The molecule has 0 fully saturated rings. The molecule has 1 nitrogen and oxygen atoms in total. The quantitative estimate of drug-likeness (QED) is 0.711. The van der Waals surface area contributed by atoms with Crippen molar-refractivity contribution in [1.82, 2.24) is 4.98 Å². The highest BCUT2D eigenvalue weighted by Gasteiger charge is 2.18. The van der Waals surface area contributed by atoms with Crippen LogP contribution in [0.5, 0.6) is 0 Å². The van der Waals surface area contributed by atoms with Crippen molar-refractivity contribution in [3.63, 3.8) is 0 Å². The summed E-state index contributed by atoms with van der Waals surface area (Å²) in [5.74, 6) is 0. The Hall–Kier alpha value is -0.0200. The lowest BCUT2D eigenvalue weighted by Gasteiger charge is -2.21. The van der Waals surface area contributed by atoms with E-state index >= 15 is 0 Å². The molecule has 3 heteroatoms. The second kappa shape index (κ2) is 4.01. The number of nitrogens with zero attached hydrogens (tertiary/aromatic N) is 1. The van der Waals surface area contributed by atoms with Crippen LogP contribution in [0.2, 0.25) is 0 Å². The van der Waals surface area contributed by atoms with E-state index in [1.165, 1.54) is 5.56 Å². The van der Waals surface area contributed by atoms with Crippen molar-refractivity contribution < 1.29 is 0 Å². The molecule has 0 amide bonds. The molecular formula is C10H14BrNS. The van der Waals surface area contributed by atoms with Crippen LogP contribution >= 0.6 is 27.7 Å². The minimum Gasteiger partial charge on any atom is -0.248 e. The number of hydrogen-bond donors (Lipinski definition) is 0. The Bertz CT molecular complexity index is 304. The molecule has 0 saturated carbocycles. The second-order valence-corrected chi connectivity index (χ2v) is 5.67. The average molecular weight is 260 g/mol. The van der Waals surface area contributed by atoms with Crippen molar-refractivity contribution in [2.45, 2.75) is 31.2 Å². The van der Waals surface area contributed by atoms with Crippen LogP contribution in [0.25, 0.3) is 0 Å². The summed E-state index contributed by atoms with van der Waals surface area (Å²) in [6.45, 7) is 6.61. The van der Waals surface area contributed by atoms with E-state index in [4.69, 9.17) is 0 Å². The van der Waals surface area contributed by atoms with Gasteiger partial charge in [0, 0.05) is 10.7 Å². The molecule has 13 heavy (non-hydrogen) atoms. The standard InChI is InChI=1S/C10H14BrNS/c1-10(2,3)8-5-7(11)6-12-9(8)13-4/h5-6H,1-4H3. The van der Waals surface area contributed by atoms with Gasteiger partial charge in [-0.2, -0.15) is 0 Å². The van der Waals surface area contributed by atoms with Crippen LogP contribution in [0, 0.1) is 0 Å². The Kier molecular flexibility index (Phi) is 3.41. The molecule has 1 aromatic rings. The lowest BCUT2D eigenvalue weighted by atomic mass is 9.88. The van der Waals surface area contributed by atoms with E-state index in [0.717, 1.165) is 9.50 Å². The zero-order valence-corrected chi connectivity index (χ0v) is 10.8. The Morgan fingerprint density at radius 1 is 1.38 bits per heavy atom. The van der Waals surface area contributed by atoms with E-state index in [9.17, 15) is 0 Å². The van der Waals surface area contributed by atoms with E-state index in [0.29, 0.717) is 0 Å². The van der Waals surface area contributed by atoms with E-state index < -0.39 is 0 Å². The van der Waals surface area contributed by atoms with Crippen molar-refractivity contribution >= 4 is 27.7 Å². The molecule has 1 rings (SSSR count). The normalized spacial score (nSPS) is 11.8. The van der Waals surface area contributed by atoms with Gasteiger partial charge in [0.05, 0.1) is 5.03 Å². The van der Waals surface area contributed by atoms with Crippen LogP contribution in [0.3, 0.4) is 0 Å². The number of thioether (sulfide) groups is 1. The number of halogens is 1. The highest BCUT2D eigenvalue weighted by molar-refractivity contribution is 9.10. The average Bonchev–Trinajstić information content (AvgIpc) is 2.03. The van der Waals surface area contributed by atoms with Crippen molar-refractivity contribution in [2.75, 3.05) is 6.26 Å². The van der Waals surface area contributed by atoms with E-state index in [-0.39, 0.29) is 5.41 Å². The van der Waals surface area contributed by atoms with Gasteiger partial charge in [-0.1, -0.05) is 20.8 Å². The molecule has 0 aliphatic heterocycles. The second-order valence-electron chi connectivity index (χ2n) is 3.96. The molecular weight excluding hydrogens is 246 g/mol. The third-order valence-electron chi connectivity index (χ3n) is 1.82. The summed E-state index contributed by atoms with van der Waals surface area (Å²) in [6.07, 6.45) is 3.91. The van der Waals surface area contributed by atoms with Gasteiger partial charge in [0.25, 0.3) is 0 Å². The summed E-state index contributed by atoms with van der Waals surface area (Å²) in [5, 5.41) is 1.12. The van der Waals surface area contributed by atoms with Gasteiger partial charge < -0.3 is 0 Å². The van der Waals surface area contributed by atoms with Crippen LogP contribution in [0.1, 0.15) is 26.3 Å². The molecule has 0 spiro atoms. The summed E-state index contributed by atoms with van der Waals surface area (Å²) in [4.78, 5) is 4.38. The number of aromatic nitrogens is 1. The van der Waals surface area contributed by atoms with E-state index in [1.54, 1.807) is 11.8 Å². The van der Waals surface area contributed by atoms with Crippen molar-refractivity contribution in [1.29, 1.82) is 0 Å². The SMILES string of the molecule is CSc1ncc(Br)cc1C(C)(C)C. The Balaban J connectivity index is 3.24. The highest BCUT2D eigenvalue weighted by atomic mass is 79.9. The fourth-order valence-corrected chi connectivity index (χ4v) is 2.20. The topological polar surface area (TPSA) is 12.9 Å². The largest absolute Gasteiger partial charge is 0.248 e. The molecule has 0 aliphatic rings. The van der Waals surface area contributed by atoms with Gasteiger partial charge in [-0.3, -0.25) is 0 Å². The first kappa shape index (κ1) is 11.1. The fourth-order valence-electron chi connectivity index (χ4n) is 1.13. The molecule has 72 valence electrons. The Morgan fingerprint density at radius 3 is 2.46 bits per heavy atom. The van der Waals surface area contributed by atoms with Gasteiger partial charge >= 0.3 is 0 Å². The summed E-state index contributed by atoms with van der Waals surface area (Å²) in [7, 11) is 0. The third-order valence-corrected chi connectivity index (χ3v) is 2.96. The Labute approximate surface area is 92.5 Å². The highest BCUT2D eigenvalue weighted by Crippen LogP contribution is 2.31. The molecule has 0 saturated heterocycles. The summed E-state index contributed by atoms with van der Waals surface area (Å²) < 4.78 is 1.05. The zero-order chi connectivity index (χ0) is 10.1.